The Kier molecular flexibility index (Phi) is 4.56. The predicted molar refractivity (Wildman–Crippen MR) is 95.0 cm³/mol. The zero-order chi connectivity index (χ0) is 18.0. The highest BCUT2D eigenvalue weighted by Gasteiger charge is 2.13. The number of H-pyrrole nitrogens is 1. The van der Waals surface area contributed by atoms with Gasteiger partial charge >= 0.3 is 0 Å². The molecular formula is C18H20N4O3. The number of imidazole rings is 1. The van der Waals surface area contributed by atoms with Crippen molar-refractivity contribution < 1.29 is 9.47 Å². The lowest BCUT2D eigenvalue weighted by Crippen LogP contribution is -2.33. The summed E-state index contributed by atoms with van der Waals surface area (Å²) in [6, 6.07) is 5.44. The van der Waals surface area contributed by atoms with Crippen LogP contribution in [0.25, 0.3) is 18.1 Å². The number of aromatic nitrogens is 4. The first kappa shape index (κ1) is 16.8. The number of nitrogens with one attached hydrogen (secondary N) is 1. The van der Waals surface area contributed by atoms with Crippen molar-refractivity contribution in [2.75, 3.05) is 14.2 Å². The summed E-state index contributed by atoms with van der Waals surface area (Å²) in [6.07, 6.45) is 4.42. The first-order valence-corrected chi connectivity index (χ1v) is 7.99. The lowest BCUT2D eigenvalue weighted by atomic mass is 10.2. The molecule has 0 fully saturated rings. The molecule has 2 aliphatic heterocycles. The van der Waals surface area contributed by atoms with Crippen molar-refractivity contribution in [3.8, 4) is 17.4 Å². The molecule has 0 saturated carbocycles. The van der Waals surface area contributed by atoms with Crippen molar-refractivity contribution in [3.05, 3.63) is 50.5 Å². The molecule has 0 aliphatic carbocycles. The van der Waals surface area contributed by atoms with Gasteiger partial charge in [0.1, 0.15) is 5.35 Å². The standard InChI is InChI=1S/C18H20N4O3/c1-5-12-13(6-2)21-22-14(17(23)20-18(22)19-12)9-11-7-8-15(24-3)16(10-11)25-4/h6-10,21H,5H2,1-4H3/b13-6+,14-9+. The van der Waals surface area contributed by atoms with Gasteiger partial charge in [-0.25, -0.2) is 9.67 Å². The van der Waals surface area contributed by atoms with Gasteiger partial charge in [-0.1, -0.05) is 19.1 Å². The molecule has 130 valence electrons. The number of ether oxygens (including phenoxy) is 2. The van der Waals surface area contributed by atoms with E-state index in [-0.39, 0.29) is 5.56 Å². The second-order valence-electron chi connectivity index (χ2n) is 5.42. The van der Waals surface area contributed by atoms with Gasteiger partial charge in [0.15, 0.2) is 11.5 Å². The fraction of sp³-hybridized carbons (Fsp3) is 0.278. The highest BCUT2D eigenvalue weighted by Crippen LogP contribution is 2.27. The molecule has 1 aromatic carbocycles. The van der Waals surface area contributed by atoms with Gasteiger partial charge in [0, 0.05) is 0 Å². The van der Waals surface area contributed by atoms with Gasteiger partial charge in [0.25, 0.3) is 11.5 Å². The number of fused-ring (bicyclic) bond motifs is 1. The van der Waals surface area contributed by atoms with Gasteiger partial charge in [-0.15, -0.1) is 0 Å². The van der Waals surface area contributed by atoms with Crippen molar-refractivity contribution >= 4 is 12.2 Å². The van der Waals surface area contributed by atoms with Gasteiger partial charge < -0.3 is 9.47 Å². The molecule has 7 heteroatoms. The number of benzene rings is 1. The molecule has 7 nitrogen and oxygen atoms in total. The van der Waals surface area contributed by atoms with Crippen molar-refractivity contribution in [3.63, 3.8) is 0 Å². The van der Waals surface area contributed by atoms with Crippen LogP contribution in [0.1, 0.15) is 25.1 Å². The normalized spacial score (nSPS) is 12.8. The smallest absolute Gasteiger partial charge is 0.299 e. The topological polar surface area (TPSA) is 82.0 Å². The third kappa shape index (κ3) is 3.00. The summed E-state index contributed by atoms with van der Waals surface area (Å²) < 4.78 is 12.2. The molecule has 2 aliphatic rings. The fourth-order valence-electron chi connectivity index (χ4n) is 2.68. The summed E-state index contributed by atoms with van der Waals surface area (Å²) >= 11 is 0. The van der Waals surface area contributed by atoms with E-state index < -0.39 is 0 Å². The Labute approximate surface area is 144 Å². The van der Waals surface area contributed by atoms with Crippen LogP contribution in [0.4, 0.5) is 0 Å². The van der Waals surface area contributed by atoms with Crippen LogP contribution in [0.5, 0.6) is 11.5 Å². The quantitative estimate of drug-likeness (QED) is 0.752. The van der Waals surface area contributed by atoms with Crippen LogP contribution in [-0.4, -0.2) is 34.0 Å². The zero-order valence-electron chi connectivity index (χ0n) is 14.7. The minimum absolute atomic E-state index is 0.339. The molecule has 1 aromatic rings. The average Bonchev–Trinajstić information content (AvgIpc) is 2.94. The molecule has 0 radical (unpaired) electrons. The molecule has 1 N–H and O–H groups in total. The molecule has 0 aromatic heterocycles. The molecular weight excluding hydrogens is 320 g/mol. The number of aryl methyl sites for hydroxylation is 1. The minimum atomic E-state index is -0.339. The van der Waals surface area contributed by atoms with Crippen LogP contribution in [0, 0.1) is 0 Å². The number of aromatic amines is 1. The number of nitrogens with zero attached hydrogens (tertiary/aromatic N) is 3. The first-order chi connectivity index (χ1) is 12.1. The van der Waals surface area contributed by atoms with E-state index in [1.54, 1.807) is 37.1 Å². The third-order valence-electron chi connectivity index (χ3n) is 3.97. The van der Waals surface area contributed by atoms with Crippen LogP contribution in [-0.2, 0) is 6.42 Å². The molecule has 3 rings (SSSR count). The van der Waals surface area contributed by atoms with E-state index >= 15 is 0 Å². The summed E-state index contributed by atoms with van der Waals surface area (Å²) in [4.78, 5) is 20.8. The van der Waals surface area contributed by atoms with Crippen molar-refractivity contribution in [1.82, 2.24) is 19.7 Å². The maximum absolute atomic E-state index is 12.3. The summed E-state index contributed by atoms with van der Waals surface area (Å²) in [5.74, 6) is 1.58. The minimum Gasteiger partial charge on any atom is -0.493 e. The predicted octanol–water partition coefficient (Wildman–Crippen LogP) is 0.602. The van der Waals surface area contributed by atoms with Crippen LogP contribution < -0.4 is 25.7 Å². The van der Waals surface area contributed by atoms with Gasteiger partial charge in [-0.05, 0) is 37.1 Å². The largest absolute Gasteiger partial charge is 0.493 e. The molecule has 0 saturated heterocycles. The van der Waals surface area contributed by atoms with Crippen molar-refractivity contribution in [2.24, 2.45) is 0 Å². The Balaban J connectivity index is 2.24. The van der Waals surface area contributed by atoms with Crippen molar-refractivity contribution in [1.29, 1.82) is 0 Å². The van der Waals surface area contributed by atoms with Crippen LogP contribution in [0.3, 0.4) is 0 Å². The highest BCUT2D eigenvalue weighted by atomic mass is 16.5. The van der Waals surface area contributed by atoms with Gasteiger partial charge in [0.2, 0.25) is 0 Å². The van der Waals surface area contributed by atoms with Gasteiger partial charge in [-0.2, -0.15) is 4.98 Å². The maximum atomic E-state index is 12.3. The van der Waals surface area contributed by atoms with E-state index in [1.165, 1.54) is 0 Å². The van der Waals surface area contributed by atoms with Gasteiger partial charge in [-0.3, -0.25) is 9.89 Å². The average molecular weight is 340 g/mol. The van der Waals surface area contributed by atoms with E-state index in [0.717, 1.165) is 23.0 Å². The Hall–Kier alpha value is -3.09. The van der Waals surface area contributed by atoms with E-state index in [1.807, 2.05) is 26.0 Å². The Morgan fingerprint density at radius 3 is 2.60 bits per heavy atom. The number of hydrogen-bond acceptors (Lipinski definition) is 5. The summed E-state index contributed by atoms with van der Waals surface area (Å²) in [5.41, 5.74) is 1.33. The maximum Gasteiger partial charge on any atom is 0.299 e. The molecule has 0 spiro atoms. The Morgan fingerprint density at radius 1 is 1.20 bits per heavy atom. The lowest BCUT2D eigenvalue weighted by molar-refractivity contribution is 0.355. The first-order valence-electron chi connectivity index (χ1n) is 7.99. The molecule has 0 bridgehead atoms. The molecule has 0 amide bonds. The number of hydrogen-bond donors (Lipinski definition) is 1. The van der Waals surface area contributed by atoms with E-state index in [0.29, 0.717) is 22.8 Å². The molecule has 0 unspecified atom stereocenters. The van der Waals surface area contributed by atoms with Gasteiger partial charge in [0.05, 0.1) is 25.3 Å². The second kappa shape index (κ2) is 6.80. The monoisotopic (exact) mass is 340 g/mol. The number of methoxy groups -OCH3 is 2. The highest BCUT2D eigenvalue weighted by molar-refractivity contribution is 5.55. The third-order valence-corrected chi connectivity index (χ3v) is 3.97. The Morgan fingerprint density at radius 2 is 1.96 bits per heavy atom. The zero-order valence-corrected chi connectivity index (χ0v) is 14.7. The molecule has 2 heterocycles. The van der Waals surface area contributed by atoms with Crippen molar-refractivity contribution in [2.45, 2.75) is 20.3 Å². The summed E-state index contributed by atoms with van der Waals surface area (Å²) in [7, 11) is 3.15. The molecule has 0 atom stereocenters. The van der Waals surface area contributed by atoms with E-state index in [2.05, 4.69) is 15.1 Å². The van der Waals surface area contributed by atoms with Crippen LogP contribution in [0.15, 0.2) is 23.0 Å². The second-order valence-corrected chi connectivity index (χ2v) is 5.42. The number of rotatable bonds is 4. The Bertz CT molecular complexity index is 1050. The summed E-state index contributed by atoms with van der Waals surface area (Å²) in [6.45, 7) is 3.93. The van der Waals surface area contributed by atoms with E-state index in [9.17, 15) is 4.79 Å². The van der Waals surface area contributed by atoms with Crippen LogP contribution in [0.2, 0.25) is 0 Å². The summed E-state index contributed by atoms with van der Waals surface area (Å²) in [5, 5.41) is 4.48. The SMILES string of the molecule is C/C=c1/[nH]n2/c(=C/c3ccc(OC)c(OC)c3)c(=O)nc-2nc1CC. The lowest BCUT2D eigenvalue weighted by Gasteiger charge is -2.08. The fourth-order valence-corrected chi connectivity index (χ4v) is 2.68. The van der Waals surface area contributed by atoms with Crippen LogP contribution >= 0.6 is 0 Å². The molecule has 25 heavy (non-hydrogen) atoms. The van der Waals surface area contributed by atoms with E-state index in [4.69, 9.17) is 9.47 Å².